The van der Waals surface area contributed by atoms with E-state index in [2.05, 4.69) is 39.2 Å². The predicted octanol–water partition coefficient (Wildman–Crippen LogP) is 3.23. The highest BCUT2D eigenvalue weighted by Gasteiger charge is 2.28. The topological polar surface area (TPSA) is 53.7 Å². The molecule has 0 saturated carbocycles. The third kappa shape index (κ3) is 3.03. The van der Waals surface area contributed by atoms with Crippen molar-refractivity contribution < 1.29 is 4.79 Å². The smallest absolute Gasteiger partial charge is 0.227 e. The van der Waals surface area contributed by atoms with Crippen molar-refractivity contribution in [3.8, 4) is 0 Å². The highest BCUT2D eigenvalue weighted by molar-refractivity contribution is 5.95. The molecule has 1 aromatic carbocycles. The minimum Gasteiger partial charge on any atom is -0.356 e. The number of carbonyl (C=O) groups excluding carboxylic acids is 1. The number of amides is 1. The maximum absolute atomic E-state index is 12.9. The second-order valence-corrected chi connectivity index (χ2v) is 7.92. The minimum absolute atomic E-state index is 0.276. The largest absolute Gasteiger partial charge is 0.356 e. The molecule has 0 bridgehead atoms. The number of nitrogens with zero attached hydrogens (tertiary/aromatic N) is 5. The molecule has 0 spiro atoms. The van der Waals surface area contributed by atoms with E-state index >= 15 is 0 Å². The summed E-state index contributed by atoms with van der Waals surface area (Å²) in [6, 6.07) is 12.3. The first-order chi connectivity index (χ1) is 13.7. The molecule has 1 saturated heterocycles. The van der Waals surface area contributed by atoms with E-state index in [1.807, 2.05) is 28.5 Å². The molecule has 1 fully saturated rings. The summed E-state index contributed by atoms with van der Waals surface area (Å²) in [5, 5.41) is 4.43. The van der Waals surface area contributed by atoms with Gasteiger partial charge < -0.3 is 9.80 Å². The Morgan fingerprint density at radius 2 is 1.96 bits per heavy atom. The van der Waals surface area contributed by atoms with Gasteiger partial charge in [-0.2, -0.15) is 9.61 Å². The van der Waals surface area contributed by atoms with Gasteiger partial charge in [0.05, 0.1) is 6.20 Å². The number of anilines is 2. The molecule has 0 unspecified atom stereocenters. The fourth-order valence-corrected chi connectivity index (χ4v) is 4.56. The number of benzene rings is 1. The van der Waals surface area contributed by atoms with E-state index in [0.717, 1.165) is 61.7 Å². The number of hydrogen-bond donors (Lipinski definition) is 0. The van der Waals surface area contributed by atoms with Crippen LogP contribution in [0.1, 0.15) is 30.5 Å². The van der Waals surface area contributed by atoms with Gasteiger partial charge in [0.15, 0.2) is 5.65 Å². The first-order valence-corrected chi connectivity index (χ1v) is 10.1. The summed E-state index contributed by atoms with van der Waals surface area (Å²) in [5.74, 6) is 1.83. The quantitative estimate of drug-likeness (QED) is 0.705. The molecule has 0 aliphatic carbocycles. The van der Waals surface area contributed by atoms with Gasteiger partial charge in [0, 0.05) is 49.6 Å². The van der Waals surface area contributed by atoms with E-state index in [1.54, 1.807) is 6.20 Å². The molecule has 4 heterocycles. The monoisotopic (exact) mass is 375 g/mol. The molecule has 144 valence electrons. The van der Waals surface area contributed by atoms with Gasteiger partial charge in [-0.05, 0) is 43.7 Å². The van der Waals surface area contributed by atoms with Crippen LogP contribution in [0, 0.1) is 12.8 Å². The Morgan fingerprint density at radius 1 is 1.14 bits per heavy atom. The summed E-state index contributed by atoms with van der Waals surface area (Å²) >= 11 is 0. The van der Waals surface area contributed by atoms with Gasteiger partial charge in [-0.1, -0.05) is 18.2 Å². The standard InChI is InChI=1S/C22H25N5O/c1-16-14-21(27-20(24-16)6-10-23-27)25-11-7-17(8-12-25)15-22(28)26-13-9-18-4-2-3-5-19(18)26/h2-6,10,14,17H,7-9,11-13,15H2,1H3. The Hall–Kier alpha value is -2.89. The number of para-hydroxylation sites is 1. The average molecular weight is 375 g/mol. The van der Waals surface area contributed by atoms with Crippen LogP contribution in [0.2, 0.25) is 0 Å². The first-order valence-electron chi connectivity index (χ1n) is 10.1. The van der Waals surface area contributed by atoms with Crippen LogP contribution >= 0.6 is 0 Å². The van der Waals surface area contributed by atoms with Gasteiger partial charge in [0.2, 0.25) is 5.91 Å². The Morgan fingerprint density at radius 3 is 2.82 bits per heavy atom. The van der Waals surface area contributed by atoms with Crippen LogP contribution in [-0.4, -0.2) is 40.1 Å². The van der Waals surface area contributed by atoms with Crippen LogP contribution in [0.5, 0.6) is 0 Å². The van der Waals surface area contributed by atoms with E-state index in [1.165, 1.54) is 5.56 Å². The number of piperidine rings is 1. The zero-order chi connectivity index (χ0) is 19.1. The van der Waals surface area contributed by atoms with Crippen LogP contribution in [-0.2, 0) is 11.2 Å². The molecule has 2 aliphatic rings. The predicted molar refractivity (Wildman–Crippen MR) is 110 cm³/mol. The maximum atomic E-state index is 12.9. The zero-order valence-corrected chi connectivity index (χ0v) is 16.2. The van der Waals surface area contributed by atoms with Crippen molar-refractivity contribution in [2.45, 2.75) is 32.6 Å². The molecular weight excluding hydrogens is 350 g/mol. The van der Waals surface area contributed by atoms with Gasteiger partial charge >= 0.3 is 0 Å². The van der Waals surface area contributed by atoms with Crippen LogP contribution in [0.3, 0.4) is 0 Å². The highest BCUT2D eigenvalue weighted by atomic mass is 16.2. The summed E-state index contributed by atoms with van der Waals surface area (Å²) in [6.45, 7) is 4.75. The van der Waals surface area contributed by atoms with Crippen molar-refractivity contribution in [3.05, 3.63) is 53.9 Å². The lowest BCUT2D eigenvalue weighted by atomic mass is 9.93. The van der Waals surface area contributed by atoms with Crippen molar-refractivity contribution in [1.82, 2.24) is 14.6 Å². The molecule has 3 aromatic rings. The van der Waals surface area contributed by atoms with Crippen molar-refractivity contribution in [1.29, 1.82) is 0 Å². The summed E-state index contributed by atoms with van der Waals surface area (Å²) < 4.78 is 1.92. The van der Waals surface area contributed by atoms with E-state index in [4.69, 9.17) is 0 Å². The molecule has 2 aromatic heterocycles. The van der Waals surface area contributed by atoms with Gasteiger partial charge in [0.25, 0.3) is 0 Å². The number of hydrogen-bond acceptors (Lipinski definition) is 4. The molecule has 0 atom stereocenters. The zero-order valence-electron chi connectivity index (χ0n) is 16.2. The minimum atomic E-state index is 0.276. The second-order valence-electron chi connectivity index (χ2n) is 7.92. The van der Waals surface area contributed by atoms with Crippen molar-refractivity contribution >= 4 is 23.1 Å². The Bertz CT molecular complexity index is 1020. The summed E-state index contributed by atoms with van der Waals surface area (Å²) in [4.78, 5) is 21.8. The highest BCUT2D eigenvalue weighted by Crippen LogP contribution is 2.31. The second kappa shape index (κ2) is 6.93. The number of aromatic nitrogens is 3. The number of fused-ring (bicyclic) bond motifs is 2. The fourth-order valence-electron chi connectivity index (χ4n) is 4.56. The molecule has 5 rings (SSSR count). The SMILES string of the molecule is Cc1cc(N2CCC(CC(=O)N3CCc4ccccc43)CC2)n2nccc2n1. The summed E-state index contributed by atoms with van der Waals surface area (Å²) in [5.41, 5.74) is 4.30. The number of carbonyl (C=O) groups is 1. The maximum Gasteiger partial charge on any atom is 0.227 e. The molecule has 6 heteroatoms. The molecule has 2 aliphatic heterocycles. The van der Waals surface area contributed by atoms with Crippen LogP contribution < -0.4 is 9.80 Å². The number of aryl methyl sites for hydroxylation is 1. The normalized spacial score (nSPS) is 17.3. The molecule has 28 heavy (non-hydrogen) atoms. The van der Waals surface area contributed by atoms with Crippen LogP contribution in [0.4, 0.5) is 11.5 Å². The van der Waals surface area contributed by atoms with Gasteiger partial charge in [-0.25, -0.2) is 4.98 Å². The molecule has 1 amide bonds. The van der Waals surface area contributed by atoms with E-state index in [9.17, 15) is 4.79 Å². The van der Waals surface area contributed by atoms with Crippen LogP contribution in [0.15, 0.2) is 42.6 Å². The lowest BCUT2D eigenvalue weighted by Crippen LogP contribution is -2.38. The third-order valence-corrected chi connectivity index (χ3v) is 6.06. The number of rotatable bonds is 3. The van der Waals surface area contributed by atoms with E-state index in [-0.39, 0.29) is 5.91 Å². The third-order valence-electron chi connectivity index (χ3n) is 6.06. The van der Waals surface area contributed by atoms with Crippen LogP contribution in [0.25, 0.3) is 5.65 Å². The Balaban J connectivity index is 1.24. The molecule has 6 nitrogen and oxygen atoms in total. The van der Waals surface area contributed by atoms with Gasteiger partial charge in [0.1, 0.15) is 5.82 Å². The average Bonchev–Trinajstić information content (AvgIpc) is 3.34. The fraction of sp³-hybridized carbons (Fsp3) is 0.409. The van der Waals surface area contributed by atoms with Gasteiger partial charge in [-0.15, -0.1) is 0 Å². The first kappa shape index (κ1) is 17.2. The Kier molecular flexibility index (Phi) is 4.26. The molecule has 0 radical (unpaired) electrons. The summed E-state index contributed by atoms with van der Waals surface area (Å²) in [7, 11) is 0. The van der Waals surface area contributed by atoms with E-state index in [0.29, 0.717) is 12.3 Å². The Labute approximate surface area is 164 Å². The van der Waals surface area contributed by atoms with E-state index < -0.39 is 0 Å². The summed E-state index contributed by atoms with van der Waals surface area (Å²) in [6.07, 6.45) is 5.48. The lowest BCUT2D eigenvalue weighted by Gasteiger charge is -2.34. The molecule has 0 N–H and O–H groups in total. The van der Waals surface area contributed by atoms with Crippen molar-refractivity contribution in [3.63, 3.8) is 0 Å². The molecular formula is C22H25N5O. The van der Waals surface area contributed by atoms with Gasteiger partial charge in [-0.3, -0.25) is 4.79 Å². The van der Waals surface area contributed by atoms with Crippen molar-refractivity contribution in [2.75, 3.05) is 29.4 Å². The van der Waals surface area contributed by atoms with Crippen molar-refractivity contribution in [2.24, 2.45) is 5.92 Å². The lowest BCUT2D eigenvalue weighted by molar-refractivity contribution is -0.119.